The van der Waals surface area contributed by atoms with E-state index < -0.39 is 17.8 Å². The molecule has 1 aromatic heterocycles. The fourth-order valence-electron chi connectivity index (χ4n) is 3.98. The Balaban J connectivity index is 1.54. The van der Waals surface area contributed by atoms with E-state index in [0.717, 1.165) is 21.0 Å². The summed E-state index contributed by atoms with van der Waals surface area (Å²) in [5.41, 5.74) is 1.62. The van der Waals surface area contributed by atoms with Crippen LogP contribution >= 0.6 is 23.1 Å². The molecule has 2 aromatic rings. The Morgan fingerprint density at radius 2 is 2.00 bits per heavy atom. The van der Waals surface area contributed by atoms with Gasteiger partial charge in [-0.1, -0.05) is 37.8 Å². The Labute approximate surface area is 159 Å². The van der Waals surface area contributed by atoms with Gasteiger partial charge in [-0.25, -0.2) is 4.98 Å². The van der Waals surface area contributed by atoms with Gasteiger partial charge >= 0.3 is 5.97 Å². The number of amides is 1. The molecule has 1 fully saturated rings. The number of carboxylic acids is 1. The summed E-state index contributed by atoms with van der Waals surface area (Å²) in [6.45, 7) is 4.26. The lowest BCUT2D eigenvalue weighted by atomic mass is 9.82. The second-order valence-corrected chi connectivity index (χ2v) is 10.0. The SMILES string of the molecule is CC(C)Sc1nc2ccc(NC(=O)[C@H]3[C@H](C(=O)O)[C@H]4C=C[C@H]3C4)cc2s1. The summed E-state index contributed by atoms with van der Waals surface area (Å²) in [4.78, 5) is 29.0. The van der Waals surface area contributed by atoms with Crippen molar-refractivity contribution in [2.45, 2.75) is 29.9 Å². The monoisotopic (exact) mass is 388 g/mol. The number of hydrogen-bond acceptors (Lipinski definition) is 5. The van der Waals surface area contributed by atoms with E-state index in [1.807, 2.05) is 30.4 Å². The van der Waals surface area contributed by atoms with Gasteiger partial charge in [-0.05, 0) is 36.5 Å². The number of thiazole rings is 1. The van der Waals surface area contributed by atoms with Crippen molar-refractivity contribution in [3.63, 3.8) is 0 Å². The molecule has 2 N–H and O–H groups in total. The zero-order valence-electron chi connectivity index (χ0n) is 14.5. The molecule has 5 nitrogen and oxygen atoms in total. The molecule has 2 aliphatic rings. The maximum atomic E-state index is 12.8. The van der Waals surface area contributed by atoms with E-state index in [9.17, 15) is 14.7 Å². The van der Waals surface area contributed by atoms with E-state index in [4.69, 9.17) is 0 Å². The van der Waals surface area contributed by atoms with Gasteiger partial charge in [0.2, 0.25) is 5.91 Å². The van der Waals surface area contributed by atoms with E-state index in [0.29, 0.717) is 10.9 Å². The van der Waals surface area contributed by atoms with Crippen LogP contribution in [0.2, 0.25) is 0 Å². The van der Waals surface area contributed by atoms with Crippen LogP contribution in [0.4, 0.5) is 5.69 Å². The highest BCUT2D eigenvalue weighted by Gasteiger charge is 2.51. The van der Waals surface area contributed by atoms with Crippen LogP contribution in [0.3, 0.4) is 0 Å². The van der Waals surface area contributed by atoms with Crippen LogP contribution in [0.15, 0.2) is 34.7 Å². The van der Waals surface area contributed by atoms with Crippen molar-refractivity contribution in [2.75, 3.05) is 5.32 Å². The van der Waals surface area contributed by atoms with E-state index in [1.165, 1.54) is 0 Å². The highest BCUT2D eigenvalue weighted by Crippen LogP contribution is 2.48. The number of aromatic nitrogens is 1. The number of carbonyl (C=O) groups excluding carboxylic acids is 1. The number of rotatable bonds is 5. The highest BCUT2D eigenvalue weighted by molar-refractivity contribution is 8.01. The van der Waals surface area contributed by atoms with Crippen LogP contribution in [-0.4, -0.2) is 27.2 Å². The summed E-state index contributed by atoms with van der Waals surface area (Å²) < 4.78 is 2.04. The maximum absolute atomic E-state index is 12.8. The molecule has 2 aliphatic carbocycles. The Morgan fingerprint density at radius 1 is 1.27 bits per heavy atom. The van der Waals surface area contributed by atoms with Crippen molar-refractivity contribution < 1.29 is 14.7 Å². The van der Waals surface area contributed by atoms with Gasteiger partial charge in [0.1, 0.15) is 0 Å². The van der Waals surface area contributed by atoms with Gasteiger partial charge in [0.15, 0.2) is 4.34 Å². The maximum Gasteiger partial charge on any atom is 0.307 e. The smallest absolute Gasteiger partial charge is 0.307 e. The summed E-state index contributed by atoms with van der Waals surface area (Å²) in [5, 5.41) is 12.9. The molecule has 1 amide bonds. The summed E-state index contributed by atoms with van der Waals surface area (Å²) in [5.74, 6) is -2.18. The molecular weight excluding hydrogens is 368 g/mol. The third kappa shape index (κ3) is 3.14. The minimum Gasteiger partial charge on any atom is -0.481 e. The molecule has 0 spiro atoms. The van der Waals surface area contributed by atoms with Gasteiger partial charge in [-0.15, -0.1) is 11.3 Å². The topological polar surface area (TPSA) is 79.3 Å². The average molecular weight is 389 g/mol. The number of nitrogens with zero attached hydrogens (tertiary/aromatic N) is 1. The number of benzene rings is 1. The molecular formula is C19H20N2O3S2. The second kappa shape index (κ2) is 6.70. The molecule has 4 atom stereocenters. The first-order valence-corrected chi connectivity index (χ1v) is 10.4. The number of allylic oxidation sites excluding steroid dienone is 2. The lowest BCUT2D eigenvalue weighted by molar-refractivity contribution is -0.146. The van der Waals surface area contributed by atoms with Crippen LogP contribution < -0.4 is 5.32 Å². The third-order valence-corrected chi connectivity index (χ3v) is 7.14. The van der Waals surface area contributed by atoms with E-state index in [2.05, 4.69) is 24.1 Å². The number of carbonyl (C=O) groups is 2. The van der Waals surface area contributed by atoms with Gasteiger partial charge in [0.25, 0.3) is 0 Å². The Hall–Kier alpha value is -1.86. The van der Waals surface area contributed by atoms with Crippen molar-refractivity contribution in [2.24, 2.45) is 23.7 Å². The minimum absolute atomic E-state index is 0.0205. The minimum atomic E-state index is -0.879. The molecule has 0 radical (unpaired) electrons. The normalized spacial score (nSPS) is 26.7. The fraction of sp³-hybridized carbons (Fsp3) is 0.421. The van der Waals surface area contributed by atoms with Crippen LogP contribution in [0.25, 0.3) is 10.2 Å². The largest absolute Gasteiger partial charge is 0.481 e. The Kier molecular flexibility index (Phi) is 4.52. The van der Waals surface area contributed by atoms with Crippen molar-refractivity contribution in [1.82, 2.24) is 4.98 Å². The first-order chi connectivity index (χ1) is 12.4. The standard InChI is InChI=1S/C19H20N2O3S2/c1-9(2)25-19-21-13-6-5-12(8-14(13)26-19)20-17(22)15-10-3-4-11(7-10)16(15)18(23)24/h3-6,8-11,15-16H,7H2,1-2H3,(H,20,22)(H,23,24)/t10-,11-,15+,16+/m0/s1. The lowest BCUT2D eigenvalue weighted by Crippen LogP contribution is -2.36. The Morgan fingerprint density at radius 3 is 2.69 bits per heavy atom. The first kappa shape index (κ1) is 17.5. The quantitative estimate of drug-likeness (QED) is 0.591. The Bertz CT molecular complexity index is 905. The number of thioether (sulfide) groups is 1. The predicted octanol–water partition coefficient (Wildman–Crippen LogP) is 4.26. The average Bonchev–Trinajstić information content (AvgIpc) is 3.26. The number of carboxylic acid groups (broad SMARTS) is 1. The van der Waals surface area contributed by atoms with Gasteiger partial charge in [-0.2, -0.15) is 0 Å². The zero-order chi connectivity index (χ0) is 18.4. The number of hydrogen-bond donors (Lipinski definition) is 2. The molecule has 136 valence electrons. The number of fused-ring (bicyclic) bond motifs is 3. The zero-order valence-corrected chi connectivity index (χ0v) is 16.1. The summed E-state index contributed by atoms with van der Waals surface area (Å²) >= 11 is 3.34. The molecule has 0 saturated heterocycles. The van der Waals surface area contributed by atoms with Crippen molar-refractivity contribution >= 4 is 50.9 Å². The van der Waals surface area contributed by atoms with Crippen molar-refractivity contribution in [1.29, 1.82) is 0 Å². The molecule has 1 aromatic carbocycles. The summed E-state index contributed by atoms with van der Waals surface area (Å²) in [7, 11) is 0. The lowest BCUT2D eigenvalue weighted by Gasteiger charge is -2.23. The van der Waals surface area contributed by atoms with Gasteiger partial charge < -0.3 is 10.4 Å². The van der Waals surface area contributed by atoms with Crippen molar-refractivity contribution in [3.05, 3.63) is 30.4 Å². The molecule has 7 heteroatoms. The molecule has 0 aliphatic heterocycles. The number of anilines is 1. The van der Waals surface area contributed by atoms with Gasteiger partial charge in [-0.3, -0.25) is 9.59 Å². The predicted molar refractivity (Wildman–Crippen MR) is 105 cm³/mol. The number of nitrogens with one attached hydrogen (secondary N) is 1. The molecule has 4 rings (SSSR count). The van der Waals surface area contributed by atoms with Gasteiger partial charge in [0.05, 0.1) is 22.1 Å². The molecule has 0 unspecified atom stereocenters. The van der Waals surface area contributed by atoms with Crippen LogP contribution in [0.1, 0.15) is 20.3 Å². The summed E-state index contributed by atoms with van der Waals surface area (Å²) in [6.07, 6.45) is 4.71. The molecule has 26 heavy (non-hydrogen) atoms. The summed E-state index contributed by atoms with van der Waals surface area (Å²) in [6, 6.07) is 5.66. The van der Waals surface area contributed by atoms with Gasteiger partial charge in [0, 0.05) is 10.9 Å². The first-order valence-electron chi connectivity index (χ1n) is 8.71. The van der Waals surface area contributed by atoms with Crippen LogP contribution in [-0.2, 0) is 9.59 Å². The van der Waals surface area contributed by atoms with Crippen molar-refractivity contribution in [3.8, 4) is 0 Å². The fourth-order valence-corrected chi connectivity index (χ4v) is 6.30. The molecule has 1 heterocycles. The second-order valence-electron chi connectivity index (χ2n) is 7.16. The van der Waals surface area contributed by atoms with E-state index in [-0.39, 0.29) is 17.7 Å². The van der Waals surface area contributed by atoms with E-state index >= 15 is 0 Å². The molecule has 2 bridgehead atoms. The number of aliphatic carboxylic acids is 1. The molecule has 1 saturated carbocycles. The third-order valence-electron chi connectivity index (χ3n) is 5.02. The highest BCUT2D eigenvalue weighted by atomic mass is 32.2. The van der Waals surface area contributed by atoms with E-state index in [1.54, 1.807) is 23.1 Å². The van der Waals surface area contributed by atoms with Crippen LogP contribution in [0, 0.1) is 23.7 Å². The van der Waals surface area contributed by atoms with Crippen LogP contribution in [0.5, 0.6) is 0 Å².